The number of para-hydroxylation sites is 2. The van der Waals surface area contributed by atoms with Crippen molar-refractivity contribution in [2.24, 2.45) is 17.8 Å². The van der Waals surface area contributed by atoms with Gasteiger partial charge in [-0.25, -0.2) is 4.98 Å². The van der Waals surface area contributed by atoms with Crippen LogP contribution in [0.3, 0.4) is 0 Å². The monoisotopic (exact) mass is 928 g/mol. The molecule has 4 atom stereocenters. The van der Waals surface area contributed by atoms with Gasteiger partial charge in [-0.1, -0.05) is 153 Å². The van der Waals surface area contributed by atoms with Crippen LogP contribution in [0.2, 0.25) is 0 Å². The van der Waals surface area contributed by atoms with Crippen molar-refractivity contribution in [3.63, 3.8) is 0 Å². The molecule has 346 valence electrons. The lowest BCUT2D eigenvalue weighted by molar-refractivity contribution is 0.0900. The van der Waals surface area contributed by atoms with Gasteiger partial charge in [-0.05, 0) is 139 Å². The molecule has 7 aromatic carbocycles. The van der Waals surface area contributed by atoms with Crippen LogP contribution in [0.4, 0.5) is 11.4 Å². The van der Waals surface area contributed by atoms with Crippen LogP contribution in [0.1, 0.15) is 71.1 Å². The lowest BCUT2D eigenvalue weighted by Crippen LogP contribution is -2.75. The number of hydrogen-bond donors (Lipinski definition) is 0. The molecule has 6 fully saturated rings. The summed E-state index contributed by atoms with van der Waals surface area (Å²) in [6.45, 7) is 2.41. The second kappa shape index (κ2) is 16.9. The van der Waals surface area contributed by atoms with E-state index in [0.717, 1.165) is 39.9 Å². The zero-order valence-corrected chi connectivity index (χ0v) is 41.1. The van der Waals surface area contributed by atoms with E-state index in [1.54, 1.807) is 0 Å². The Labute approximate surface area is 413 Å². The molecule has 3 aliphatic carbocycles. The van der Waals surface area contributed by atoms with Crippen molar-refractivity contribution in [2.75, 3.05) is 9.80 Å². The van der Waals surface area contributed by atoms with Crippen molar-refractivity contribution in [1.29, 1.82) is 0 Å². The highest BCUT2D eigenvalue weighted by molar-refractivity contribution is 7.20. The molecule has 0 radical (unpaired) electrons. The fourth-order valence-electron chi connectivity index (χ4n) is 14.9. The van der Waals surface area contributed by atoms with Crippen LogP contribution < -0.4 is 30.5 Å². The van der Waals surface area contributed by atoms with Gasteiger partial charge in [-0.3, -0.25) is 4.57 Å². The third-order valence-corrected chi connectivity index (χ3v) is 22.3. The molecule has 3 aliphatic heterocycles. The second-order valence-corrected chi connectivity index (χ2v) is 25.3. The maximum atomic E-state index is 5.49. The van der Waals surface area contributed by atoms with Crippen molar-refractivity contribution in [3.05, 3.63) is 182 Å². The molecular formula is C63H60N6Si. The molecule has 7 heteroatoms. The first-order valence-corrected chi connectivity index (χ1v) is 28.3. The van der Waals surface area contributed by atoms with E-state index in [9.17, 15) is 0 Å². The van der Waals surface area contributed by atoms with Gasteiger partial charge in [0.05, 0.1) is 11.0 Å². The van der Waals surface area contributed by atoms with Crippen LogP contribution in [-0.4, -0.2) is 51.8 Å². The van der Waals surface area contributed by atoms with Crippen LogP contribution >= 0.6 is 0 Å². The summed E-state index contributed by atoms with van der Waals surface area (Å²) in [7, 11) is -3.10. The van der Waals surface area contributed by atoms with Gasteiger partial charge in [0, 0.05) is 57.4 Å². The molecule has 3 saturated carbocycles. The normalized spacial score (nSPS) is 24.4. The fourth-order valence-corrected chi connectivity index (χ4v) is 19.7. The molecule has 9 aromatic rings. The molecule has 70 heavy (non-hydrogen) atoms. The molecule has 0 N–H and O–H groups in total. The van der Waals surface area contributed by atoms with Gasteiger partial charge in [0.2, 0.25) is 5.95 Å². The van der Waals surface area contributed by atoms with E-state index in [2.05, 4.69) is 203 Å². The minimum absolute atomic E-state index is 0.567. The average molecular weight is 929 g/mol. The summed E-state index contributed by atoms with van der Waals surface area (Å²) in [6, 6.07) is 70.9. The predicted molar refractivity (Wildman–Crippen MR) is 291 cm³/mol. The summed E-state index contributed by atoms with van der Waals surface area (Å²) in [5.74, 6) is 4.60. The molecule has 15 rings (SSSR count). The largest absolute Gasteiger partial charge is 0.366 e. The first kappa shape index (κ1) is 42.1. The smallest absolute Gasteiger partial charge is 0.238 e. The van der Waals surface area contributed by atoms with Crippen molar-refractivity contribution in [1.82, 2.24) is 19.5 Å². The summed E-state index contributed by atoms with van der Waals surface area (Å²) in [6.07, 6.45) is 13.3. The number of aromatic nitrogens is 4. The van der Waals surface area contributed by atoms with E-state index >= 15 is 0 Å². The van der Waals surface area contributed by atoms with E-state index in [0.29, 0.717) is 41.8 Å². The first-order valence-electron chi connectivity index (χ1n) is 26.3. The molecule has 0 amide bonds. The second-order valence-electron chi connectivity index (χ2n) is 21.5. The maximum Gasteiger partial charge on any atom is 0.238 e. The number of hydrogen-bond acceptors (Lipinski definition) is 5. The third kappa shape index (κ3) is 6.82. The Morgan fingerprint density at radius 3 is 1.59 bits per heavy atom. The lowest BCUT2D eigenvalue weighted by atomic mass is 9.63. The summed E-state index contributed by atoms with van der Waals surface area (Å²) in [5.41, 5.74) is 6.90. The molecule has 5 heterocycles. The Balaban J connectivity index is 0.998. The average Bonchev–Trinajstić information content (AvgIpc) is 3.96. The van der Waals surface area contributed by atoms with Gasteiger partial charge in [0.25, 0.3) is 0 Å². The maximum absolute atomic E-state index is 5.49. The van der Waals surface area contributed by atoms with Crippen LogP contribution in [0.25, 0.3) is 50.5 Å². The number of piperidine rings is 3. The topological polar surface area (TPSA) is 50.1 Å². The number of nitrogens with zero attached hydrogens (tertiary/aromatic N) is 6. The Morgan fingerprint density at radius 2 is 0.943 bits per heavy atom. The van der Waals surface area contributed by atoms with Crippen LogP contribution in [-0.2, 0) is 0 Å². The van der Waals surface area contributed by atoms with Crippen molar-refractivity contribution < 1.29 is 0 Å². The molecule has 2 aromatic heterocycles. The minimum atomic E-state index is -3.10. The van der Waals surface area contributed by atoms with E-state index in [1.807, 2.05) is 0 Å². The standard InChI is InChI=1S/C63H60N6Si/c1-2-47-33-42-30-31-50(34-42)67(47)48-19-14-24-55(40-48)70(53-21-7-4-8-22-53,56-25-15-20-49(41-56)68-51-35-43-32-44(37-51)38-52(68)36-43)54-23-13-18-46(39-54)62-64-61(45-16-5-3-6-17-45)65-63(66-62)69-59-28-11-9-26-57(59)58-27-10-12-29-60(58)69/h3-29,39-44,47,50-52H,2,30-38H2,1H3. The van der Waals surface area contributed by atoms with E-state index in [-0.39, 0.29) is 0 Å². The number of anilines is 2. The zero-order chi connectivity index (χ0) is 46.3. The molecule has 6 bridgehead atoms. The Hall–Kier alpha value is -6.83. The van der Waals surface area contributed by atoms with Crippen molar-refractivity contribution >= 4 is 62.0 Å². The lowest BCUT2D eigenvalue weighted by Gasteiger charge is -2.57. The van der Waals surface area contributed by atoms with Gasteiger partial charge in [0.15, 0.2) is 19.7 Å². The summed E-state index contributed by atoms with van der Waals surface area (Å²) >= 11 is 0. The summed E-state index contributed by atoms with van der Waals surface area (Å²) < 4.78 is 2.22. The number of benzene rings is 7. The van der Waals surface area contributed by atoms with Gasteiger partial charge < -0.3 is 9.80 Å². The van der Waals surface area contributed by atoms with Gasteiger partial charge in [-0.2, -0.15) is 9.97 Å². The van der Waals surface area contributed by atoms with Gasteiger partial charge >= 0.3 is 0 Å². The van der Waals surface area contributed by atoms with E-state index < -0.39 is 8.07 Å². The number of rotatable bonds is 10. The van der Waals surface area contributed by atoms with Crippen LogP contribution in [0, 0.1) is 17.8 Å². The highest BCUT2D eigenvalue weighted by Crippen LogP contribution is 2.50. The highest BCUT2D eigenvalue weighted by atomic mass is 28.3. The van der Waals surface area contributed by atoms with Gasteiger partial charge in [0.1, 0.15) is 0 Å². The minimum Gasteiger partial charge on any atom is -0.366 e. The van der Waals surface area contributed by atoms with Crippen molar-refractivity contribution in [3.8, 4) is 28.7 Å². The fraction of sp³-hybridized carbons (Fsp3) is 0.286. The Morgan fingerprint density at radius 1 is 0.429 bits per heavy atom. The van der Waals surface area contributed by atoms with Gasteiger partial charge in [-0.15, -0.1) is 0 Å². The Kier molecular flexibility index (Phi) is 10.2. The molecular weight excluding hydrogens is 869 g/mol. The SMILES string of the molecule is CCC1CC2CCC(C2)N1c1cccc([Si](c2ccccc2)(c2cccc(-c3nc(-c4ccccc4)nc(-n4c5ccccc5c5ccccc54)n3)c2)c2cccc(N3C4CC5CC(C4)CC3C5)c2)c1. The zero-order valence-electron chi connectivity index (χ0n) is 40.1. The molecule has 6 aliphatic rings. The Bertz CT molecular complexity index is 3320. The molecule has 6 nitrogen and oxygen atoms in total. The number of fused-ring (bicyclic) bond motifs is 5. The third-order valence-electron chi connectivity index (χ3n) is 17.6. The first-order chi connectivity index (χ1) is 34.6. The summed E-state index contributed by atoms with van der Waals surface area (Å²) in [5, 5.41) is 7.93. The van der Waals surface area contributed by atoms with E-state index in [4.69, 9.17) is 15.0 Å². The quantitative estimate of drug-likeness (QED) is 0.101. The summed E-state index contributed by atoms with van der Waals surface area (Å²) in [4.78, 5) is 21.9. The van der Waals surface area contributed by atoms with Crippen LogP contribution in [0.5, 0.6) is 0 Å². The predicted octanol–water partition coefficient (Wildman–Crippen LogP) is 11.6. The van der Waals surface area contributed by atoms with Crippen molar-refractivity contribution in [2.45, 2.75) is 95.3 Å². The highest BCUT2D eigenvalue weighted by Gasteiger charge is 2.48. The van der Waals surface area contributed by atoms with Crippen LogP contribution in [0.15, 0.2) is 182 Å². The molecule has 4 unspecified atom stereocenters. The molecule has 0 spiro atoms. The molecule has 3 saturated heterocycles. The van der Waals surface area contributed by atoms with E-state index in [1.165, 1.54) is 107 Å².